The second-order valence-electron chi connectivity index (χ2n) is 5.96. The summed E-state index contributed by atoms with van der Waals surface area (Å²) < 4.78 is 19.1. The van der Waals surface area contributed by atoms with Crippen LogP contribution in [0.25, 0.3) is 0 Å². The Morgan fingerprint density at radius 2 is 2.25 bits per heavy atom. The van der Waals surface area contributed by atoms with E-state index in [0.29, 0.717) is 31.7 Å². The SMILES string of the molecule is O=c1[nH]ccnc1CN1CC[C@@H](O)[C@@H](COc2ccccc2F)C1. The summed E-state index contributed by atoms with van der Waals surface area (Å²) in [5, 5.41) is 10.2. The number of para-hydroxylation sites is 1. The van der Waals surface area contributed by atoms with E-state index in [9.17, 15) is 14.3 Å². The van der Waals surface area contributed by atoms with E-state index in [-0.39, 0.29) is 23.8 Å². The van der Waals surface area contributed by atoms with Crippen molar-refractivity contribution in [2.75, 3.05) is 19.7 Å². The van der Waals surface area contributed by atoms with Gasteiger partial charge in [0.25, 0.3) is 5.56 Å². The van der Waals surface area contributed by atoms with E-state index in [2.05, 4.69) is 14.9 Å². The molecule has 0 spiro atoms. The van der Waals surface area contributed by atoms with Crippen LogP contribution in [-0.4, -0.2) is 45.8 Å². The number of aliphatic hydroxyl groups is 1. The molecule has 0 unspecified atom stereocenters. The molecule has 1 aliphatic rings. The molecule has 2 N–H and O–H groups in total. The number of nitrogens with zero attached hydrogens (tertiary/aromatic N) is 2. The van der Waals surface area contributed by atoms with Crippen molar-refractivity contribution >= 4 is 0 Å². The lowest BCUT2D eigenvalue weighted by Crippen LogP contribution is -2.45. The number of H-pyrrole nitrogens is 1. The van der Waals surface area contributed by atoms with Gasteiger partial charge in [0.15, 0.2) is 11.6 Å². The van der Waals surface area contributed by atoms with Gasteiger partial charge in [0.05, 0.1) is 12.7 Å². The summed E-state index contributed by atoms with van der Waals surface area (Å²) >= 11 is 0. The van der Waals surface area contributed by atoms with Crippen molar-refractivity contribution in [1.82, 2.24) is 14.9 Å². The molecule has 2 atom stereocenters. The minimum absolute atomic E-state index is 0.152. The molecule has 128 valence electrons. The van der Waals surface area contributed by atoms with Crippen LogP contribution in [0.3, 0.4) is 0 Å². The van der Waals surface area contributed by atoms with Crippen molar-refractivity contribution < 1.29 is 14.2 Å². The van der Waals surface area contributed by atoms with Crippen molar-refractivity contribution in [2.24, 2.45) is 5.92 Å². The van der Waals surface area contributed by atoms with Gasteiger partial charge in [-0.3, -0.25) is 14.7 Å². The van der Waals surface area contributed by atoms with Crippen LogP contribution < -0.4 is 10.3 Å². The van der Waals surface area contributed by atoms with Crippen LogP contribution in [0.1, 0.15) is 12.1 Å². The van der Waals surface area contributed by atoms with Crippen molar-refractivity contribution in [3.05, 3.63) is 58.5 Å². The molecule has 7 heteroatoms. The second kappa shape index (κ2) is 7.55. The number of nitrogens with one attached hydrogen (secondary N) is 1. The molecule has 0 bridgehead atoms. The van der Waals surface area contributed by atoms with E-state index in [4.69, 9.17) is 4.74 Å². The Hall–Kier alpha value is -2.25. The van der Waals surface area contributed by atoms with Crippen LogP contribution in [0.5, 0.6) is 5.75 Å². The zero-order chi connectivity index (χ0) is 16.9. The lowest BCUT2D eigenvalue weighted by molar-refractivity contribution is 0.00182. The summed E-state index contributed by atoms with van der Waals surface area (Å²) in [6.45, 7) is 1.87. The largest absolute Gasteiger partial charge is 0.490 e. The zero-order valence-corrected chi connectivity index (χ0v) is 13.2. The third-order valence-electron chi connectivity index (χ3n) is 4.22. The number of halogens is 1. The normalized spacial score (nSPS) is 21.6. The molecule has 2 heterocycles. The first-order chi connectivity index (χ1) is 11.6. The average Bonchev–Trinajstić information content (AvgIpc) is 2.58. The van der Waals surface area contributed by atoms with Crippen LogP contribution in [-0.2, 0) is 6.54 Å². The summed E-state index contributed by atoms with van der Waals surface area (Å²) in [6.07, 6.45) is 3.12. The van der Waals surface area contributed by atoms with E-state index in [1.54, 1.807) is 24.4 Å². The molecule has 0 saturated carbocycles. The molecule has 1 aromatic carbocycles. The predicted octanol–water partition coefficient (Wildman–Crippen LogP) is 1.17. The van der Waals surface area contributed by atoms with Gasteiger partial charge in [-0.15, -0.1) is 0 Å². The molecule has 0 radical (unpaired) electrons. The molecule has 0 aliphatic carbocycles. The summed E-state index contributed by atoms with van der Waals surface area (Å²) in [5.74, 6) is -0.385. The first-order valence-corrected chi connectivity index (χ1v) is 7.94. The van der Waals surface area contributed by atoms with Gasteiger partial charge in [0.2, 0.25) is 0 Å². The standard InChI is InChI=1S/C17H20FN3O3/c18-13-3-1-2-4-16(13)24-11-12-9-21(8-5-15(12)22)10-14-17(23)20-7-6-19-14/h1-4,6-7,12,15,22H,5,8-11H2,(H,20,23)/t12-,15-/m1/s1. The van der Waals surface area contributed by atoms with E-state index >= 15 is 0 Å². The van der Waals surface area contributed by atoms with E-state index in [1.807, 2.05) is 0 Å². The Bertz CT molecular complexity index is 737. The summed E-state index contributed by atoms with van der Waals surface area (Å²) in [5.41, 5.74) is 0.241. The Morgan fingerprint density at radius 3 is 3.04 bits per heavy atom. The Kier molecular flexibility index (Phi) is 5.22. The van der Waals surface area contributed by atoms with Gasteiger partial charge < -0.3 is 14.8 Å². The Morgan fingerprint density at radius 1 is 1.42 bits per heavy atom. The third kappa shape index (κ3) is 3.98. The van der Waals surface area contributed by atoms with Crippen molar-refractivity contribution in [2.45, 2.75) is 19.1 Å². The fraction of sp³-hybridized carbons (Fsp3) is 0.412. The maximum Gasteiger partial charge on any atom is 0.270 e. The minimum Gasteiger partial charge on any atom is -0.490 e. The van der Waals surface area contributed by atoms with Gasteiger partial charge in [0, 0.05) is 37.9 Å². The molecule has 1 aromatic heterocycles. The fourth-order valence-corrected chi connectivity index (χ4v) is 2.87. The Balaban J connectivity index is 1.60. The van der Waals surface area contributed by atoms with Crippen molar-refractivity contribution in [3.63, 3.8) is 0 Å². The number of benzene rings is 1. The Labute approximate surface area is 138 Å². The van der Waals surface area contributed by atoms with E-state index in [1.165, 1.54) is 12.3 Å². The highest BCUT2D eigenvalue weighted by Crippen LogP contribution is 2.21. The molecule has 0 amide bonds. The number of ether oxygens (including phenoxy) is 1. The number of aromatic nitrogens is 2. The van der Waals surface area contributed by atoms with Gasteiger partial charge in [0.1, 0.15) is 5.69 Å². The van der Waals surface area contributed by atoms with Gasteiger partial charge >= 0.3 is 0 Å². The number of aliphatic hydroxyl groups excluding tert-OH is 1. The number of piperidine rings is 1. The molecule has 24 heavy (non-hydrogen) atoms. The van der Waals surface area contributed by atoms with E-state index < -0.39 is 11.9 Å². The number of aromatic amines is 1. The molecular formula is C17H20FN3O3. The summed E-state index contributed by atoms with van der Waals surface area (Å²) in [7, 11) is 0. The molecule has 2 aromatic rings. The molecule has 3 rings (SSSR count). The molecule has 1 saturated heterocycles. The van der Waals surface area contributed by atoms with Gasteiger partial charge in [-0.1, -0.05) is 12.1 Å². The van der Waals surface area contributed by atoms with Gasteiger partial charge in [-0.2, -0.15) is 0 Å². The summed E-state index contributed by atoms with van der Waals surface area (Å²) in [6, 6.07) is 6.21. The lowest BCUT2D eigenvalue weighted by atomic mass is 9.95. The van der Waals surface area contributed by atoms with Crippen molar-refractivity contribution in [3.8, 4) is 5.75 Å². The summed E-state index contributed by atoms with van der Waals surface area (Å²) in [4.78, 5) is 20.5. The number of hydrogen-bond acceptors (Lipinski definition) is 5. The highest BCUT2D eigenvalue weighted by Gasteiger charge is 2.29. The van der Waals surface area contributed by atoms with E-state index in [0.717, 1.165) is 0 Å². The average molecular weight is 333 g/mol. The van der Waals surface area contributed by atoms with Crippen LogP contribution >= 0.6 is 0 Å². The molecule has 6 nitrogen and oxygen atoms in total. The smallest absolute Gasteiger partial charge is 0.270 e. The first-order valence-electron chi connectivity index (χ1n) is 7.94. The van der Waals surface area contributed by atoms with Crippen LogP contribution in [0.2, 0.25) is 0 Å². The molecular weight excluding hydrogens is 313 g/mol. The van der Waals surface area contributed by atoms with Crippen LogP contribution in [0.15, 0.2) is 41.5 Å². The zero-order valence-electron chi connectivity index (χ0n) is 13.2. The second-order valence-corrected chi connectivity index (χ2v) is 5.96. The molecule has 1 fully saturated rings. The van der Waals surface area contributed by atoms with Crippen LogP contribution in [0.4, 0.5) is 4.39 Å². The van der Waals surface area contributed by atoms with Crippen LogP contribution in [0, 0.1) is 11.7 Å². The number of likely N-dealkylation sites (tertiary alicyclic amines) is 1. The third-order valence-corrected chi connectivity index (χ3v) is 4.22. The minimum atomic E-state index is -0.505. The highest BCUT2D eigenvalue weighted by molar-refractivity contribution is 5.23. The highest BCUT2D eigenvalue weighted by atomic mass is 19.1. The van der Waals surface area contributed by atoms with Crippen molar-refractivity contribution in [1.29, 1.82) is 0 Å². The first kappa shape index (κ1) is 16.6. The fourth-order valence-electron chi connectivity index (χ4n) is 2.87. The monoisotopic (exact) mass is 333 g/mol. The molecule has 1 aliphatic heterocycles. The number of rotatable bonds is 5. The maximum atomic E-state index is 13.6. The maximum absolute atomic E-state index is 13.6. The van der Waals surface area contributed by atoms with Gasteiger partial charge in [-0.25, -0.2) is 4.39 Å². The lowest BCUT2D eigenvalue weighted by Gasteiger charge is -2.35. The quantitative estimate of drug-likeness (QED) is 0.859. The predicted molar refractivity (Wildman–Crippen MR) is 86.1 cm³/mol. The number of hydrogen-bond donors (Lipinski definition) is 2. The topological polar surface area (TPSA) is 78.5 Å². The van der Waals surface area contributed by atoms with Gasteiger partial charge in [-0.05, 0) is 18.6 Å².